The highest BCUT2D eigenvalue weighted by Gasteiger charge is 2.23. The van der Waals surface area contributed by atoms with Crippen molar-refractivity contribution in [3.8, 4) is 0 Å². The van der Waals surface area contributed by atoms with Gasteiger partial charge in [0.1, 0.15) is 24.3 Å². The second kappa shape index (κ2) is 6.03. The van der Waals surface area contributed by atoms with Crippen molar-refractivity contribution in [2.24, 2.45) is 0 Å². The lowest BCUT2D eigenvalue weighted by molar-refractivity contribution is 0.639. The molecule has 24 heavy (non-hydrogen) atoms. The molecule has 0 unspecified atom stereocenters. The Balaban J connectivity index is 1.55. The van der Waals surface area contributed by atoms with Crippen LogP contribution in [0.15, 0.2) is 18.9 Å². The third-order valence-corrected chi connectivity index (χ3v) is 4.60. The van der Waals surface area contributed by atoms with E-state index < -0.39 is 0 Å². The number of hydrogen-bond donors (Lipinski definition) is 1. The number of aromatic amines is 1. The lowest BCUT2D eigenvalue weighted by atomic mass is 10.1. The van der Waals surface area contributed by atoms with Crippen molar-refractivity contribution >= 4 is 22.7 Å². The molecule has 4 rings (SSSR count). The van der Waals surface area contributed by atoms with Crippen LogP contribution in [0.25, 0.3) is 11.0 Å². The van der Waals surface area contributed by atoms with Crippen molar-refractivity contribution in [3.05, 3.63) is 30.1 Å². The highest BCUT2D eigenvalue weighted by Crippen LogP contribution is 2.25. The normalized spacial score (nSPS) is 15.2. The number of aromatic nitrogens is 6. The molecule has 0 bridgehead atoms. The van der Waals surface area contributed by atoms with Crippen LogP contribution in [0.1, 0.15) is 18.2 Å². The lowest BCUT2D eigenvalue weighted by Gasteiger charge is -2.37. The van der Waals surface area contributed by atoms with Gasteiger partial charge < -0.3 is 9.80 Å². The number of fused-ring (bicyclic) bond motifs is 1. The fourth-order valence-corrected chi connectivity index (χ4v) is 3.31. The molecule has 3 aromatic heterocycles. The van der Waals surface area contributed by atoms with Crippen LogP contribution in [0, 0.1) is 6.92 Å². The first-order valence-electron chi connectivity index (χ1n) is 8.22. The number of rotatable bonds is 3. The Kier molecular flexibility index (Phi) is 3.72. The second-order valence-corrected chi connectivity index (χ2v) is 5.92. The molecule has 0 aliphatic carbocycles. The predicted octanol–water partition coefficient (Wildman–Crippen LogP) is 1.34. The van der Waals surface area contributed by atoms with Crippen LogP contribution in [0.5, 0.6) is 0 Å². The Morgan fingerprint density at radius 2 is 1.62 bits per heavy atom. The summed E-state index contributed by atoms with van der Waals surface area (Å²) in [6, 6.07) is 0. The van der Waals surface area contributed by atoms with Gasteiger partial charge in [0, 0.05) is 37.4 Å². The fourth-order valence-electron chi connectivity index (χ4n) is 3.31. The number of nitrogens with one attached hydrogen (secondary N) is 1. The van der Waals surface area contributed by atoms with E-state index in [0.717, 1.165) is 61.0 Å². The number of anilines is 2. The molecule has 0 atom stereocenters. The minimum atomic E-state index is 0.780. The van der Waals surface area contributed by atoms with Crippen molar-refractivity contribution in [2.45, 2.75) is 20.3 Å². The number of nitrogens with zero attached hydrogens (tertiary/aromatic N) is 7. The molecular formula is C16H20N8. The summed E-state index contributed by atoms with van der Waals surface area (Å²) in [4.78, 5) is 22.1. The van der Waals surface area contributed by atoms with Gasteiger partial charge in [0.15, 0.2) is 5.65 Å². The van der Waals surface area contributed by atoms with E-state index >= 15 is 0 Å². The predicted molar refractivity (Wildman–Crippen MR) is 92.3 cm³/mol. The Hall–Kier alpha value is -2.77. The van der Waals surface area contributed by atoms with E-state index in [0.29, 0.717) is 0 Å². The van der Waals surface area contributed by atoms with Gasteiger partial charge in [0.2, 0.25) is 0 Å². The summed E-state index contributed by atoms with van der Waals surface area (Å²) in [6.45, 7) is 7.81. The molecule has 1 aliphatic rings. The van der Waals surface area contributed by atoms with Crippen LogP contribution in [-0.4, -0.2) is 56.3 Å². The zero-order chi connectivity index (χ0) is 16.5. The Morgan fingerprint density at radius 1 is 0.958 bits per heavy atom. The minimum Gasteiger partial charge on any atom is -0.353 e. The van der Waals surface area contributed by atoms with E-state index in [-0.39, 0.29) is 0 Å². The average molecular weight is 324 g/mol. The summed E-state index contributed by atoms with van der Waals surface area (Å²) in [6.07, 6.45) is 5.99. The summed E-state index contributed by atoms with van der Waals surface area (Å²) in [7, 11) is 0. The van der Waals surface area contributed by atoms with E-state index in [1.165, 1.54) is 5.56 Å². The highest BCUT2D eigenvalue weighted by molar-refractivity contribution is 5.86. The monoisotopic (exact) mass is 324 g/mol. The molecule has 8 nitrogen and oxygen atoms in total. The van der Waals surface area contributed by atoms with Crippen molar-refractivity contribution in [3.63, 3.8) is 0 Å². The van der Waals surface area contributed by atoms with E-state index in [1.54, 1.807) is 18.9 Å². The third kappa shape index (κ3) is 2.44. The van der Waals surface area contributed by atoms with Crippen molar-refractivity contribution in [1.29, 1.82) is 0 Å². The summed E-state index contributed by atoms with van der Waals surface area (Å²) in [5, 5.41) is 7.94. The maximum Gasteiger partial charge on any atom is 0.160 e. The largest absolute Gasteiger partial charge is 0.353 e. The van der Waals surface area contributed by atoms with Gasteiger partial charge in [-0.1, -0.05) is 6.92 Å². The van der Waals surface area contributed by atoms with Crippen LogP contribution in [0.3, 0.4) is 0 Å². The molecule has 1 N–H and O–H groups in total. The van der Waals surface area contributed by atoms with Crippen LogP contribution in [-0.2, 0) is 6.42 Å². The van der Waals surface area contributed by atoms with Gasteiger partial charge in [0.05, 0.1) is 11.6 Å². The van der Waals surface area contributed by atoms with E-state index in [9.17, 15) is 0 Å². The van der Waals surface area contributed by atoms with Crippen LogP contribution < -0.4 is 9.80 Å². The topological polar surface area (TPSA) is 86.7 Å². The molecule has 0 saturated carbocycles. The second-order valence-electron chi connectivity index (χ2n) is 5.92. The zero-order valence-corrected chi connectivity index (χ0v) is 13.9. The van der Waals surface area contributed by atoms with Gasteiger partial charge >= 0.3 is 0 Å². The van der Waals surface area contributed by atoms with E-state index in [4.69, 9.17) is 0 Å². The lowest BCUT2D eigenvalue weighted by Crippen LogP contribution is -2.47. The van der Waals surface area contributed by atoms with Gasteiger partial charge in [-0.3, -0.25) is 5.10 Å². The first kappa shape index (κ1) is 14.8. The summed E-state index contributed by atoms with van der Waals surface area (Å²) >= 11 is 0. The van der Waals surface area contributed by atoms with Crippen molar-refractivity contribution < 1.29 is 0 Å². The smallest absolute Gasteiger partial charge is 0.160 e. The molecule has 0 radical (unpaired) electrons. The molecule has 0 aromatic carbocycles. The molecule has 0 amide bonds. The quantitative estimate of drug-likeness (QED) is 0.778. The maximum atomic E-state index is 4.53. The number of hydrogen-bond acceptors (Lipinski definition) is 7. The fraction of sp³-hybridized carbons (Fsp3) is 0.438. The van der Waals surface area contributed by atoms with E-state index in [1.807, 2.05) is 0 Å². The average Bonchev–Trinajstić information content (AvgIpc) is 3.10. The SMILES string of the molecule is CCc1c(C)ncnc1N1CCN(c2ncnc3[nH]ncc23)CC1. The molecule has 4 heterocycles. The number of H-pyrrole nitrogens is 1. The summed E-state index contributed by atoms with van der Waals surface area (Å²) in [5.41, 5.74) is 3.09. The van der Waals surface area contributed by atoms with Gasteiger partial charge in [-0.05, 0) is 13.3 Å². The minimum absolute atomic E-state index is 0.780. The van der Waals surface area contributed by atoms with Gasteiger partial charge in [-0.25, -0.2) is 19.9 Å². The highest BCUT2D eigenvalue weighted by atomic mass is 15.3. The molecule has 1 saturated heterocycles. The summed E-state index contributed by atoms with van der Waals surface area (Å²) in [5.74, 6) is 2.02. The Bertz CT molecular complexity index is 850. The molecule has 1 aliphatic heterocycles. The molecule has 1 fully saturated rings. The van der Waals surface area contributed by atoms with Crippen LogP contribution in [0.4, 0.5) is 11.6 Å². The Morgan fingerprint density at radius 3 is 2.38 bits per heavy atom. The molecule has 124 valence electrons. The molecule has 3 aromatic rings. The third-order valence-electron chi connectivity index (χ3n) is 4.60. The standard InChI is InChI=1S/C16H20N8/c1-3-12-11(2)17-9-19-15(12)23-4-6-24(7-5-23)16-13-8-21-22-14(13)18-10-20-16/h8-10H,3-7H2,1-2H3,(H,18,20,21,22). The summed E-state index contributed by atoms with van der Waals surface area (Å²) < 4.78 is 0. The maximum absolute atomic E-state index is 4.53. The molecule has 8 heteroatoms. The number of aryl methyl sites for hydroxylation is 1. The zero-order valence-electron chi connectivity index (χ0n) is 13.9. The van der Waals surface area contributed by atoms with Crippen molar-refractivity contribution in [1.82, 2.24) is 30.1 Å². The van der Waals surface area contributed by atoms with Gasteiger partial charge in [0.25, 0.3) is 0 Å². The van der Waals surface area contributed by atoms with Gasteiger partial charge in [-0.2, -0.15) is 5.10 Å². The first-order valence-corrected chi connectivity index (χ1v) is 8.22. The van der Waals surface area contributed by atoms with E-state index in [2.05, 4.69) is 53.8 Å². The van der Waals surface area contributed by atoms with Crippen LogP contribution >= 0.6 is 0 Å². The molecular weight excluding hydrogens is 304 g/mol. The van der Waals surface area contributed by atoms with Gasteiger partial charge in [-0.15, -0.1) is 0 Å². The number of piperazine rings is 1. The Labute approximate surface area is 140 Å². The first-order chi connectivity index (χ1) is 11.8. The van der Waals surface area contributed by atoms with Crippen molar-refractivity contribution in [2.75, 3.05) is 36.0 Å². The van der Waals surface area contributed by atoms with Crippen LogP contribution in [0.2, 0.25) is 0 Å². The molecule has 0 spiro atoms.